The van der Waals surface area contributed by atoms with Crippen molar-refractivity contribution in [3.63, 3.8) is 0 Å². The Morgan fingerprint density at radius 1 is 0.846 bits per heavy atom. The lowest BCUT2D eigenvalue weighted by atomic mass is 9.99. The summed E-state index contributed by atoms with van der Waals surface area (Å²) >= 11 is 0. The predicted molar refractivity (Wildman–Crippen MR) is 152 cm³/mol. The smallest absolute Gasteiger partial charge is 0.220 e. The molecule has 0 radical (unpaired) electrons. The Hall–Kier alpha value is -1.07. The Bertz CT molecular complexity index is 632. The Kier molecular flexibility index (Phi) is 20.8. The zero-order chi connectivity index (χ0) is 28.9. The van der Waals surface area contributed by atoms with Crippen LogP contribution in [-0.2, 0) is 14.3 Å². The monoisotopic (exact) mass is 559 g/mol. The quantitative estimate of drug-likeness (QED) is 0.0823. The molecule has 0 aromatic rings. The van der Waals surface area contributed by atoms with E-state index in [0.717, 1.165) is 44.9 Å². The molecule has 1 fully saturated rings. The normalized spacial score (nSPS) is 25.2. The molecule has 1 saturated heterocycles. The number of rotatable bonds is 23. The fourth-order valence-corrected chi connectivity index (χ4v) is 4.74. The number of hydrogen-bond donors (Lipinski definition) is 6. The second kappa shape index (κ2) is 22.6. The van der Waals surface area contributed by atoms with Crippen molar-refractivity contribution < 1.29 is 39.8 Å². The van der Waals surface area contributed by atoms with Gasteiger partial charge in [0, 0.05) is 6.42 Å². The van der Waals surface area contributed by atoms with Crippen molar-refractivity contribution in [3.8, 4) is 0 Å². The van der Waals surface area contributed by atoms with Gasteiger partial charge in [0.2, 0.25) is 5.91 Å². The van der Waals surface area contributed by atoms with Crippen LogP contribution in [0.15, 0.2) is 12.2 Å². The van der Waals surface area contributed by atoms with Gasteiger partial charge in [-0.15, -0.1) is 0 Å². The highest BCUT2D eigenvalue weighted by Crippen LogP contribution is 2.22. The maximum atomic E-state index is 12.7. The highest BCUT2D eigenvalue weighted by molar-refractivity contribution is 5.76. The Morgan fingerprint density at radius 3 is 2.08 bits per heavy atom. The maximum Gasteiger partial charge on any atom is 0.220 e. The Balaban J connectivity index is 2.57. The average Bonchev–Trinajstić information content (AvgIpc) is 2.93. The summed E-state index contributed by atoms with van der Waals surface area (Å²) in [7, 11) is 0. The molecule has 39 heavy (non-hydrogen) atoms. The molecule has 9 nitrogen and oxygen atoms in total. The van der Waals surface area contributed by atoms with E-state index in [-0.39, 0.29) is 12.5 Å². The van der Waals surface area contributed by atoms with Crippen molar-refractivity contribution in [3.05, 3.63) is 12.2 Å². The molecule has 1 rings (SSSR count). The first-order valence-corrected chi connectivity index (χ1v) is 15.4. The van der Waals surface area contributed by atoms with Crippen LogP contribution in [0, 0.1) is 0 Å². The summed E-state index contributed by atoms with van der Waals surface area (Å²) in [6.07, 6.45) is 12.5. The zero-order valence-corrected chi connectivity index (χ0v) is 24.4. The molecule has 230 valence electrons. The summed E-state index contributed by atoms with van der Waals surface area (Å²) in [6.45, 7) is 3.67. The first-order valence-electron chi connectivity index (χ1n) is 15.4. The third-order valence-electron chi connectivity index (χ3n) is 7.37. The number of carbonyl (C=O) groups is 1. The van der Waals surface area contributed by atoms with E-state index in [1.807, 2.05) is 0 Å². The lowest BCUT2D eigenvalue weighted by Gasteiger charge is -2.40. The number of carbonyl (C=O) groups excluding carboxylic acids is 1. The van der Waals surface area contributed by atoms with E-state index >= 15 is 0 Å². The first-order chi connectivity index (χ1) is 18.8. The van der Waals surface area contributed by atoms with Gasteiger partial charge in [-0.3, -0.25) is 4.79 Å². The van der Waals surface area contributed by atoms with Gasteiger partial charge in [-0.05, 0) is 38.5 Å². The van der Waals surface area contributed by atoms with Crippen molar-refractivity contribution in [1.82, 2.24) is 5.32 Å². The van der Waals surface area contributed by atoms with E-state index in [1.54, 1.807) is 0 Å². The number of aliphatic hydroxyl groups excluding tert-OH is 5. The summed E-state index contributed by atoms with van der Waals surface area (Å²) in [5.74, 6) is -0.167. The number of hydrogen-bond acceptors (Lipinski definition) is 8. The number of aliphatic hydroxyl groups is 5. The van der Waals surface area contributed by atoms with Crippen LogP contribution in [0.2, 0.25) is 0 Å². The maximum absolute atomic E-state index is 12.7. The van der Waals surface area contributed by atoms with Crippen molar-refractivity contribution in [2.24, 2.45) is 0 Å². The molecule has 1 heterocycles. The molecular formula is C30H57NO8. The second-order valence-corrected chi connectivity index (χ2v) is 10.9. The fraction of sp³-hybridized carbons (Fsp3) is 0.900. The van der Waals surface area contributed by atoms with Crippen molar-refractivity contribution in [2.75, 3.05) is 13.2 Å². The van der Waals surface area contributed by atoms with Crippen LogP contribution in [0.5, 0.6) is 0 Å². The Morgan fingerprint density at radius 2 is 1.44 bits per heavy atom. The SMILES string of the molecule is CCCCC/C=C/CCCC[C@@H](O)[C@H](CO[C@@H]1O[C@H](CO)[C@@H](O)C(O)C1O)NC(=O)CCCCCCCCC. The van der Waals surface area contributed by atoms with Gasteiger partial charge in [-0.1, -0.05) is 83.8 Å². The minimum absolute atomic E-state index is 0.149. The summed E-state index contributed by atoms with van der Waals surface area (Å²) in [6, 6.07) is -0.723. The number of allylic oxidation sites excluding steroid dienone is 2. The van der Waals surface area contributed by atoms with Gasteiger partial charge in [0.05, 0.1) is 25.4 Å². The van der Waals surface area contributed by atoms with Crippen LogP contribution in [0.25, 0.3) is 0 Å². The molecule has 0 aromatic carbocycles. The zero-order valence-electron chi connectivity index (χ0n) is 24.4. The van der Waals surface area contributed by atoms with E-state index in [0.29, 0.717) is 12.8 Å². The van der Waals surface area contributed by atoms with E-state index in [2.05, 4.69) is 31.3 Å². The van der Waals surface area contributed by atoms with E-state index in [9.17, 15) is 30.3 Å². The van der Waals surface area contributed by atoms with Gasteiger partial charge < -0.3 is 40.3 Å². The van der Waals surface area contributed by atoms with Gasteiger partial charge >= 0.3 is 0 Å². The second-order valence-electron chi connectivity index (χ2n) is 10.9. The largest absolute Gasteiger partial charge is 0.394 e. The van der Waals surface area contributed by atoms with Crippen LogP contribution in [0.4, 0.5) is 0 Å². The van der Waals surface area contributed by atoms with Crippen molar-refractivity contribution >= 4 is 5.91 Å². The topological polar surface area (TPSA) is 149 Å². The van der Waals surface area contributed by atoms with Crippen LogP contribution >= 0.6 is 0 Å². The third-order valence-corrected chi connectivity index (χ3v) is 7.37. The highest BCUT2D eigenvalue weighted by atomic mass is 16.7. The molecule has 2 unspecified atom stereocenters. The first kappa shape index (κ1) is 36.0. The van der Waals surface area contributed by atoms with Crippen LogP contribution < -0.4 is 5.32 Å². The van der Waals surface area contributed by atoms with Crippen LogP contribution in [0.3, 0.4) is 0 Å². The van der Waals surface area contributed by atoms with Gasteiger partial charge in [-0.2, -0.15) is 0 Å². The molecule has 1 aliphatic heterocycles. The summed E-state index contributed by atoms with van der Waals surface area (Å²) in [5.41, 5.74) is 0. The fourth-order valence-electron chi connectivity index (χ4n) is 4.74. The molecular weight excluding hydrogens is 502 g/mol. The minimum atomic E-state index is -1.55. The van der Waals surface area contributed by atoms with E-state index in [4.69, 9.17) is 9.47 Å². The summed E-state index contributed by atoms with van der Waals surface area (Å²) in [5, 5.41) is 53.5. The molecule has 9 heteroatoms. The van der Waals surface area contributed by atoms with Gasteiger partial charge in [-0.25, -0.2) is 0 Å². The molecule has 1 aliphatic rings. The predicted octanol–water partition coefficient (Wildman–Crippen LogP) is 3.49. The van der Waals surface area contributed by atoms with Crippen LogP contribution in [0.1, 0.15) is 117 Å². The molecule has 0 aromatic heterocycles. The molecule has 0 aliphatic carbocycles. The lowest BCUT2D eigenvalue weighted by Crippen LogP contribution is -2.60. The number of unbranched alkanes of at least 4 members (excludes halogenated alkanes) is 11. The average molecular weight is 560 g/mol. The van der Waals surface area contributed by atoms with E-state index in [1.165, 1.54) is 44.9 Å². The molecule has 0 bridgehead atoms. The lowest BCUT2D eigenvalue weighted by molar-refractivity contribution is -0.302. The third kappa shape index (κ3) is 15.5. The molecule has 0 spiro atoms. The number of amides is 1. The standard InChI is InChI=1S/C30H57NO8/c1-3-5-7-9-11-12-14-15-17-19-24(33)23(31-26(34)20-18-16-13-10-8-6-4-2)22-38-30-29(37)28(36)27(35)25(21-32)39-30/h11-12,23-25,27-30,32-33,35-37H,3-10,13-22H2,1-2H3,(H,31,34)/b12-11+/t23-,24+,25+,27+,28?,29?,30+/m0/s1. The molecule has 1 amide bonds. The number of ether oxygens (including phenoxy) is 2. The van der Waals surface area contributed by atoms with E-state index < -0.39 is 49.5 Å². The molecule has 0 saturated carbocycles. The highest BCUT2D eigenvalue weighted by Gasteiger charge is 2.44. The van der Waals surface area contributed by atoms with Gasteiger partial charge in [0.25, 0.3) is 0 Å². The Labute approximate surface area is 236 Å². The summed E-state index contributed by atoms with van der Waals surface area (Å²) < 4.78 is 11.1. The van der Waals surface area contributed by atoms with Gasteiger partial charge in [0.1, 0.15) is 24.4 Å². The van der Waals surface area contributed by atoms with Crippen molar-refractivity contribution in [1.29, 1.82) is 0 Å². The van der Waals surface area contributed by atoms with Crippen molar-refractivity contribution in [2.45, 2.75) is 159 Å². The van der Waals surface area contributed by atoms with Crippen LogP contribution in [-0.4, -0.2) is 87.5 Å². The molecule has 6 N–H and O–H groups in total. The minimum Gasteiger partial charge on any atom is -0.394 e. The summed E-state index contributed by atoms with van der Waals surface area (Å²) in [4.78, 5) is 12.7. The van der Waals surface area contributed by atoms with Gasteiger partial charge in [0.15, 0.2) is 6.29 Å². The number of nitrogens with one attached hydrogen (secondary N) is 1. The molecule has 7 atom stereocenters.